The second-order valence-corrected chi connectivity index (χ2v) is 4.59. The summed E-state index contributed by atoms with van der Waals surface area (Å²) in [6.07, 6.45) is 0.304. The van der Waals surface area contributed by atoms with E-state index in [1.165, 1.54) is 0 Å². The lowest BCUT2D eigenvalue weighted by Crippen LogP contribution is -2.35. The maximum absolute atomic E-state index is 11.8. The fraction of sp³-hybridized carbons (Fsp3) is 0.273. The Kier molecular flexibility index (Phi) is 4.96. The molecule has 0 spiro atoms. The minimum absolute atomic E-state index is 0.0913. The number of oxime groups is 1. The van der Waals surface area contributed by atoms with Gasteiger partial charge in [-0.15, -0.1) is 0 Å². The van der Waals surface area contributed by atoms with E-state index in [9.17, 15) is 4.79 Å². The van der Waals surface area contributed by atoms with Crippen LogP contribution in [0.2, 0.25) is 0 Å². The second kappa shape index (κ2) is 6.24. The summed E-state index contributed by atoms with van der Waals surface area (Å²) in [5, 5.41) is 14.0. The second-order valence-electron chi connectivity index (χ2n) is 3.68. The molecule has 1 rings (SSSR count). The van der Waals surface area contributed by atoms with Gasteiger partial charge in [0.05, 0.1) is 0 Å². The zero-order valence-electron chi connectivity index (χ0n) is 9.35. The van der Waals surface area contributed by atoms with Crippen LogP contribution in [-0.4, -0.2) is 23.0 Å². The number of benzene rings is 1. The molecule has 0 aromatic heterocycles. The molecule has 1 atom stereocenters. The Morgan fingerprint density at radius 1 is 1.53 bits per heavy atom. The van der Waals surface area contributed by atoms with Crippen LogP contribution in [0.25, 0.3) is 0 Å². The highest BCUT2D eigenvalue weighted by Crippen LogP contribution is 2.10. The van der Waals surface area contributed by atoms with Crippen molar-refractivity contribution in [1.82, 2.24) is 5.32 Å². The molecule has 0 radical (unpaired) electrons. The van der Waals surface area contributed by atoms with E-state index >= 15 is 0 Å². The topological polar surface area (TPSA) is 87.7 Å². The van der Waals surface area contributed by atoms with Gasteiger partial charge in [0.25, 0.3) is 5.91 Å². The van der Waals surface area contributed by atoms with Gasteiger partial charge in [-0.25, -0.2) is 0 Å². The minimum atomic E-state index is -0.193. The molecule has 0 saturated heterocycles. The molecule has 0 bridgehead atoms. The van der Waals surface area contributed by atoms with E-state index < -0.39 is 0 Å². The van der Waals surface area contributed by atoms with Gasteiger partial charge in [-0.1, -0.05) is 21.1 Å². The highest BCUT2D eigenvalue weighted by atomic mass is 79.9. The summed E-state index contributed by atoms with van der Waals surface area (Å²) in [6, 6.07) is 6.83. The SMILES string of the molecule is CC(CC(N)=NO)NC(=O)c1ccc(Br)cc1. The third kappa shape index (κ3) is 4.44. The van der Waals surface area contributed by atoms with E-state index in [-0.39, 0.29) is 17.8 Å². The van der Waals surface area contributed by atoms with Gasteiger partial charge in [-0.2, -0.15) is 0 Å². The Morgan fingerprint density at radius 3 is 2.65 bits per heavy atom. The maximum Gasteiger partial charge on any atom is 0.251 e. The van der Waals surface area contributed by atoms with E-state index in [0.717, 1.165) is 4.47 Å². The van der Waals surface area contributed by atoms with Crippen molar-refractivity contribution in [1.29, 1.82) is 0 Å². The van der Waals surface area contributed by atoms with Gasteiger partial charge in [0.15, 0.2) is 0 Å². The number of hydrogen-bond donors (Lipinski definition) is 3. The maximum atomic E-state index is 11.8. The first kappa shape index (κ1) is 13.5. The zero-order valence-corrected chi connectivity index (χ0v) is 10.9. The number of nitrogens with two attached hydrogens (primary N) is 1. The molecule has 17 heavy (non-hydrogen) atoms. The molecule has 1 unspecified atom stereocenters. The smallest absolute Gasteiger partial charge is 0.251 e. The van der Waals surface area contributed by atoms with Crippen LogP contribution in [0.4, 0.5) is 0 Å². The highest BCUT2D eigenvalue weighted by molar-refractivity contribution is 9.10. The number of carbonyl (C=O) groups is 1. The number of halogens is 1. The molecule has 0 heterocycles. The van der Waals surface area contributed by atoms with Crippen LogP contribution in [-0.2, 0) is 0 Å². The zero-order chi connectivity index (χ0) is 12.8. The van der Waals surface area contributed by atoms with Crippen molar-refractivity contribution < 1.29 is 10.0 Å². The van der Waals surface area contributed by atoms with Crippen LogP contribution in [0.5, 0.6) is 0 Å². The van der Waals surface area contributed by atoms with Crippen molar-refractivity contribution in [3.8, 4) is 0 Å². The fourth-order valence-corrected chi connectivity index (χ4v) is 1.58. The van der Waals surface area contributed by atoms with Gasteiger partial charge in [0.2, 0.25) is 0 Å². The van der Waals surface area contributed by atoms with Gasteiger partial charge < -0.3 is 16.3 Å². The first-order valence-electron chi connectivity index (χ1n) is 5.05. The van der Waals surface area contributed by atoms with E-state index in [4.69, 9.17) is 10.9 Å². The molecular weight excluding hydrogens is 286 g/mol. The molecular formula is C11H14BrN3O2. The van der Waals surface area contributed by atoms with Crippen LogP contribution in [0, 0.1) is 0 Å². The number of rotatable bonds is 4. The molecule has 0 aliphatic heterocycles. The van der Waals surface area contributed by atoms with Crippen LogP contribution < -0.4 is 11.1 Å². The first-order valence-corrected chi connectivity index (χ1v) is 5.85. The third-order valence-corrected chi connectivity index (χ3v) is 2.66. The van der Waals surface area contributed by atoms with E-state index in [0.29, 0.717) is 12.0 Å². The number of nitrogens with one attached hydrogen (secondary N) is 1. The molecule has 1 amide bonds. The summed E-state index contributed by atoms with van der Waals surface area (Å²) >= 11 is 3.30. The standard InChI is InChI=1S/C11H14BrN3O2/c1-7(6-10(13)15-17)14-11(16)8-2-4-9(12)5-3-8/h2-5,7,17H,6H2,1H3,(H2,13,15)(H,14,16). The van der Waals surface area contributed by atoms with Gasteiger partial charge in [0.1, 0.15) is 5.84 Å². The largest absolute Gasteiger partial charge is 0.409 e. The molecule has 4 N–H and O–H groups in total. The van der Waals surface area contributed by atoms with E-state index in [1.54, 1.807) is 31.2 Å². The lowest BCUT2D eigenvalue weighted by atomic mass is 10.1. The Bertz CT molecular complexity index is 417. The van der Waals surface area contributed by atoms with Gasteiger partial charge >= 0.3 is 0 Å². The van der Waals surface area contributed by atoms with Crippen LogP contribution in [0.1, 0.15) is 23.7 Å². The molecule has 0 saturated carbocycles. The normalized spacial score (nSPS) is 13.2. The van der Waals surface area contributed by atoms with Crippen molar-refractivity contribution in [3.63, 3.8) is 0 Å². The molecule has 92 valence electrons. The third-order valence-electron chi connectivity index (χ3n) is 2.13. The monoisotopic (exact) mass is 299 g/mol. The predicted molar refractivity (Wildman–Crippen MR) is 69.1 cm³/mol. The number of carbonyl (C=O) groups excluding carboxylic acids is 1. The Morgan fingerprint density at radius 2 is 2.12 bits per heavy atom. The number of amidine groups is 1. The summed E-state index contributed by atoms with van der Waals surface area (Å²) in [4.78, 5) is 11.8. The molecule has 1 aromatic carbocycles. The van der Waals surface area contributed by atoms with Gasteiger partial charge in [-0.05, 0) is 31.2 Å². The number of hydrogen-bond acceptors (Lipinski definition) is 3. The average Bonchev–Trinajstić information content (AvgIpc) is 2.29. The molecule has 1 aromatic rings. The van der Waals surface area contributed by atoms with Crippen molar-refractivity contribution in [2.45, 2.75) is 19.4 Å². The average molecular weight is 300 g/mol. The lowest BCUT2D eigenvalue weighted by molar-refractivity contribution is 0.0941. The Balaban J connectivity index is 2.57. The van der Waals surface area contributed by atoms with Crippen LogP contribution in [0.15, 0.2) is 33.9 Å². The highest BCUT2D eigenvalue weighted by Gasteiger charge is 2.10. The fourth-order valence-electron chi connectivity index (χ4n) is 1.31. The molecule has 0 fully saturated rings. The Labute approximate surface area is 108 Å². The van der Waals surface area contributed by atoms with Gasteiger partial charge in [-0.3, -0.25) is 4.79 Å². The minimum Gasteiger partial charge on any atom is -0.409 e. The first-order chi connectivity index (χ1) is 8.02. The van der Waals surface area contributed by atoms with E-state index in [1.807, 2.05) is 0 Å². The van der Waals surface area contributed by atoms with Crippen LogP contribution in [0.3, 0.4) is 0 Å². The summed E-state index contributed by atoms with van der Waals surface area (Å²) in [6.45, 7) is 1.79. The summed E-state index contributed by atoms with van der Waals surface area (Å²) < 4.78 is 0.916. The number of amides is 1. The summed E-state index contributed by atoms with van der Waals surface area (Å²) in [5.74, 6) is -0.0932. The van der Waals surface area contributed by atoms with Crippen molar-refractivity contribution in [2.24, 2.45) is 10.9 Å². The Hall–Kier alpha value is -1.56. The van der Waals surface area contributed by atoms with Crippen molar-refractivity contribution >= 4 is 27.7 Å². The lowest BCUT2D eigenvalue weighted by Gasteiger charge is -2.12. The van der Waals surface area contributed by atoms with E-state index in [2.05, 4.69) is 26.4 Å². The summed E-state index contributed by atoms with van der Waals surface area (Å²) in [5.41, 5.74) is 5.92. The van der Waals surface area contributed by atoms with Gasteiger partial charge in [0, 0.05) is 22.5 Å². The quantitative estimate of drug-likeness (QED) is 0.342. The van der Waals surface area contributed by atoms with Crippen LogP contribution >= 0.6 is 15.9 Å². The molecule has 5 nitrogen and oxygen atoms in total. The van der Waals surface area contributed by atoms with Crippen molar-refractivity contribution in [3.05, 3.63) is 34.3 Å². The number of nitrogens with zero attached hydrogens (tertiary/aromatic N) is 1. The summed E-state index contributed by atoms with van der Waals surface area (Å²) in [7, 11) is 0. The molecule has 6 heteroatoms. The molecule has 0 aliphatic carbocycles. The van der Waals surface area contributed by atoms with Crippen molar-refractivity contribution in [2.75, 3.05) is 0 Å². The molecule has 0 aliphatic rings. The predicted octanol–water partition coefficient (Wildman–Crippen LogP) is 1.70.